The van der Waals surface area contributed by atoms with E-state index < -0.39 is 17.0 Å². The van der Waals surface area contributed by atoms with E-state index in [4.69, 9.17) is 0 Å². The Morgan fingerprint density at radius 1 is 1.07 bits per heavy atom. The van der Waals surface area contributed by atoms with Crippen LogP contribution in [0.15, 0.2) is 70.3 Å². The molecule has 0 atom stereocenters. The summed E-state index contributed by atoms with van der Waals surface area (Å²) in [6, 6.07) is 14.7. The van der Waals surface area contributed by atoms with Crippen molar-refractivity contribution in [3.05, 3.63) is 103 Å². The van der Waals surface area contributed by atoms with Crippen molar-refractivity contribution in [1.29, 1.82) is 0 Å². The van der Waals surface area contributed by atoms with Gasteiger partial charge in [0.2, 0.25) is 5.13 Å². The van der Waals surface area contributed by atoms with E-state index in [-0.39, 0.29) is 11.4 Å². The van der Waals surface area contributed by atoms with E-state index in [1.165, 1.54) is 29.5 Å². The lowest BCUT2D eigenvalue weighted by molar-refractivity contribution is 0.102. The van der Waals surface area contributed by atoms with Crippen molar-refractivity contribution < 1.29 is 9.18 Å². The molecule has 0 spiro atoms. The average molecular weight is 423 g/mol. The fraction of sp³-hybridized carbons (Fsp3) is 0.0500. The lowest BCUT2D eigenvalue weighted by Gasteiger charge is -2.07. The number of rotatable bonds is 5. The standard InChI is InChI=1S/C20H14FN5O3S/c21-14-5-1-3-12(9-14)10-17-23-24-20(30-17)22-19(29)13-4-2-6-15(11-13)26-18(28)8-7-16(27)25-26/h1-9,11H,10H2,(H,25,27)(H,22,24,29). The summed E-state index contributed by atoms with van der Waals surface area (Å²) in [4.78, 5) is 36.0. The molecular formula is C20H14FN5O3S. The summed E-state index contributed by atoms with van der Waals surface area (Å²) in [6.45, 7) is 0. The molecule has 0 fully saturated rings. The first kappa shape index (κ1) is 19.4. The number of hydrogen-bond donors (Lipinski definition) is 2. The van der Waals surface area contributed by atoms with E-state index in [1.807, 2.05) is 0 Å². The summed E-state index contributed by atoms with van der Waals surface area (Å²) < 4.78 is 14.4. The van der Waals surface area contributed by atoms with Gasteiger partial charge in [-0.25, -0.2) is 9.07 Å². The van der Waals surface area contributed by atoms with E-state index in [0.29, 0.717) is 22.2 Å². The van der Waals surface area contributed by atoms with E-state index in [2.05, 4.69) is 20.6 Å². The Hall–Kier alpha value is -3.92. The third-order valence-corrected chi connectivity index (χ3v) is 4.96. The van der Waals surface area contributed by atoms with Gasteiger partial charge in [0.05, 0.1) is 5.69 Å². The van der Waals surface area contributed by atoms with Gasteiger partial charge in [0, 0.05) is 24.1 Å². The van der Waals surface area contributed by atoms with Gasteiger partial charge in [-0.15, -0.1) is 10.2 Å². The summed E-state index contributed by atoms with van der Waals surface area (Å²) in [5, 5.41) is 13.9. The zero-order chi connectivity index (χ0) is 21.1. The predicted molar refractivity (Wildman–Crippen MR) is 110 cm³/mol. The number of carbonyl (C=O) groups excluding carboxylic acids is 1. The second-order valence-electron chi connectivity index (χ2n) is 6.30. The molecule has 4 aromatic rings. The van der Waals surface area contributed by atoms with Crippen molar-refractivity contribution in [3.8, 4) is 5.69 Å². The molecule has 30 heavy (non-hydrogen) atoms. The SMILES string of the molecule is O=C(Nc1nnc(Cc2cccc(F)c2)s1)c1cccc(-n2[nH]c(=O)ccc2=O)c1. The highest BCUT2D eigenvalue weighted by molar-refractivity contribution is 7.15. The molecule has 1 amide bonds. The third kappa shape index (κ3) is 4.39. The van der Waals surface area contributed by atoms with Crippen LogP contribution in [-0.2, 0) is 6.42 Å². The Morgan fingerprint density at radius 2 is 1.90 bits per heavy atom. The summed E-state index contributed by atoms with van der Waals surface area (Å²) in [5.41, 5.74) is 0.488. The van der Waals surface area contributed by atoms with Crippen LogP contribution in [-0.4, -0.2) is 25.9 Å². The molecule has 0 aliphatic carbocycles. The van der Waals surface area contributed by atoms with Crippen molar-refractivity contribution >= 4 is 22.4 Å². The molecule has 0 aliphatic heterocycles. The largest absolute Gasteiger partial charge is 0.296 e. The van der Waals surface area contributed by atoms with E-state index in [1.54, 1.807) is 30.3 Å². The average Bonchev–Trinajstić information content (AvgIpc) is 3.16. The number of hydrogen-bond acceptors (Lipinski definition) is 6. The number of halogens is 1. The van der Waals surface area contributed by atoms with Gasteiger partial charge in [-0.05, 0) is 35.9 Å². The molecule has 0 saturated heterocycles. The summed E-state index contributed by atoms with van der Waals surface area (Å²) in [6.07, 6.45) is 0.394. The lowest BCUT2D eigenvalue weighted by atomic mass is 10.1. The smallest absolute Gasteiger partial charge is 0.269 e. The molecule has 2 N–H and O–H groups in total. The first-order valence-corrected chi connectivity index (χ1v) is 9.60. The van der Waals surface area contributed by atoms with E-state index in [9.17, 15) is 18.8 Å². The third-order valence-electron chi connectivity index (χ3n) is 4.12. The zero-order valence-corrected chi connectivity index (χ0v) is 16.1. The number of nitrogens with zero attached hydrogens (tertiary/aromatic N) is 3. The highest BCUT2D eigenvalue weighted by atomic mass is 32.1. The number of benzene rings is 2. The molecule has 0 saturated carbocycles. The van der Waals surface area contributed by atoms with Gasteiger partial charge < -0.3 is 0 Å². The highest BCUT2D eigenvalue weighted by Gasteiger charge is 2.12. The summed E-state index contributed by atoms with van der Waals surface area (Å²) in [7, 11) is 0. The van der Waals surface area contributed by atoms with Crippen LogP contribution in [0.2, 0.25) is 0 Å². The maximum absolute atomic E-state index is 13.3. The summed E-state index contributed by atoms with van der Waals surface area (Å²) in [5.74, 6) is -0.777. The van der Waals surface area contributed by atoms with E-state index >= 15 is 0 Å². The molecule has 0 aliphatic rings. The van der Waals surface area contributed by atoms with E-state index in [0.717, 1.165) is 22.4 Å². The molecule has 0 radical (unpaired) electrons. The van der Waals surface area contributed by atoms with Crippen molar-refractivity contribution in [2.45, 2.75) is 6.42 Å². The fourth-order valence-corrected chi connectivity index (χ4v) is 3.54. The van der Waals surface area contributed by atoms with Crippen LogP contribution in [0.25, 0.3) is 5.69 Å². The molecule has 0 bridgehead atoms. The Labute approximate surface area is 172 Å². The Balaban J connectivity index is 1.51. The van der Waals surface area contributed by atoms with Gasteiger partial charge in [0.25, 0.3) is 17.0 Å². The van der Waals surface area contributed by atoms with Gasteiger partial charge in [-0.3, -0.25) is 24.8 Å². The Morgan fingerprint density at radius 3 is 2.73 bits per heavy atom. The first-order chi connectivity index (χ1) is 14.5. The van der Waals surface area contributed by atoms with Crippen LogP contribution >= 0.6 is 11.3 Å². The number of nitrogens with one attached hydrogen (secondary N) is 2. The number of aromatic amines is 1. The van der Waals surface area contributed by atoms with Crippen LogP contribution in [0.4, 0.5) is 9.52 Å². The van der Waals surface area contributed by atoms with Crippen molar-refractivity contribution in [2.75, 3.05) is 5.32 Å². The monoisotopic (exact) mass is 423 g/mol. The van der Waals surface area contributed by atoms with Gasteiger partial charge >= 0.3 is 0 Å². The molecule has 8 nitrogen and oxygen atoms in total. The van der Waals surface area contributed by atoms with Gasteiger partial charge in [-0.1, -0.05) is 29.5 Å². The van der Waals surface area contributed by atoms with Crippen molar-refractivity contribution in [3.63, 3.8) is 0 Å². The molecule has 2 aromatic carbocycles. The molecule has 150 valence electrons. The van der Waals surface area contributed by atoms with Gasteiger partial charge in [-0.2, -0.15) is 0 Å². The Bertz CT molecular complexity index is 1340. The summed E-state index contributed by atoms with van der Waals surface area (Å²) >= 11 is 1.18. The highest BCUT2D eigenvalue weighted by Crippen LogP contribution is 2.20. The van der Waals surface area contributed by atoms with Crippen LogP contribution in [0.5, 0.6) is 0 Å². The van der Waals surface area contributed by atoms with Gasteiger partial charge in [0.15, 0.2) is 0 Å². The number of aromatic nitrogens is 4. The molecule has 0 unspecified atom stereocenters. The van der Waals surface area contributed by atoms with Crippen molar-refractivity contribution in [1.82, 2.24) is 20.0 Å². The number of H-pyrrole nitrogens is 1. The molecule has 2 heterocycles. The quantitative estimate of drug-likeness (QED) is 0.512. The number of carbonyl (C=O) groups is 1. The zero-order valence-electron chi connectivity index (χ0n) is 15.3. The van der Waals surface area contributed by atoms with Crippen LogP contribution < -0.4 is 16.4 Å². The van der Waals surface area contributed by atoms with Crippen molar-refractivity contribution in [2.24, 2.45) is 0 Å². The van der Waals surface area contributed by atoms with Crippen LogP contribution in [0.1, 0.15) is 20.9 Å². The molecule has 10 heteroatoms. The first-order valence-electron chi connectivity index (χ1n) is 8.79. The maximum Gasteiger partial charge on any atom is 0.269 e. The molecule has 2 aromatic heterocycles. The topological polar surface area (TPSA) is 110 Å². The van der Waals surface area contributed by atoms with Crippen LogP contribution in [0, 0.1) is 5.82 Å². The molecular weight excluding hydrogens is 409 g/mol. The lowest BCUT2D eigenvalue weighted by Crippen LogP contribution is -2.26. The molecule has 4 rings (SSSR count). The minimum Gasteiger partial charge on any atom is -0.296 e. The predicted octanol–water partition coefficient (Wildman–Crippen LogP) is 2.36. The minimum atomic E-state index is -0.448. The maximum atomic E-state index is 13.3. The second-order valence-corrected chi connectivity index (χ2v) is 7.36. The van der Waals surface area contributed by atoms with Crippen LogP contribution in [0.3, 0.4) is 0 Å². The normalized spacial score (nSPS) is 10.7. The number of amides is 1. The number of anilines is 1. The fourth-order valence-electron chi connectivity index (χ4n) is 2.77. The Kier molecular flexibility index (Phi) is 5.31. The second kappa shape index (κ2) is 8.21. The minimum absolute atomic E-state index is 0.269. The van der Waals surface area contributed by atoms with Gasteiger partial charge in [0.1, 0.15) is 10.8 Å².